The predicted molar refractivity (Wildman–Crippen MR) is 70.1 cm³/mol. The third kappa shape index (κ3) is 1.97. The zero-order valence-electron chi connectivity index (χ0n) is 10.5. The number of nitrogens with two attached hydrogens (primary N) is 1. The fourth-order valence-electron chi connectivity index (χ4n) is 2.22. The third-order valence-corrected chi connectivity index (χ3v) is 3.37. The van der Waals surface area contributed by atoms with Gasteiger partial charge in [0.1, 0.15) is 11.6 Å². The van der Waals surface area contributed by atoms with Gasteiger partial charge >= 0.3 is 0 Å². The average Bonchev–Trinajstić information content (AvgIpc) is 2.86. The van der Waals surface area contributed by atoms with E-state index in [4.69, 9.17) is 5.73 Å². The molecule has 0 saturated heterocycles. The summed E-state index contributed by atoms with van der Waals surface area (Å²) in [6.45, 7) is 4.71. The zero-order valence-corrected chi connectivity index (χ0v) is 10.5. The molecule has 0 bridgehead atoms. The molecule has 0 radical (unpaired) electrons. The fourth-order valence-corrected chi connectivity index (χ4v) is 2.22. The van der Waals surface area contributed by atoms with Gasteiger partial charge in [0, 0.05) is 37.7 Å². The second kappa shape index (κ2) is 4.42. The molecule has 1 aliphatic heterocycles. The van der Waals surface area contributed by atoms with Crippen LogP contribution < -0.4 is 10.6 Å². The zero-order chi connectivity index (χ0) is 12.5. The van der Waals surface area contributed by atoms with Crippen LogP contribution in [0.3, 0.4) is 0 Å². The van der Waals surface area contributed by atoms with E-state index in [1.54, 1.807) is 0 Å². The van der Waals surface area contributed by atoms with Gasteiger partial charge in [-0.15, -0.1) is 0 Å². The Morgan fingerprint density at radius 3 is 2.89 bits per heavy atom. The van der Waals surface area contributed by atoms with Crippen molar-refractivity contribution in [3.63, 3.8) is 0 Å². The van der Waals surface area contributed by atoms with E-state index < -0.39 is 0 Å². The van der Waals surface area contributed by atoms with Crippen LogP contribution in [0.4, 0.5) is 5.82 Å². The Balaban J connectivity index is 1.80. The lowest BCUT2D eigenvalue weighted by atomic mass is 10.1. The van der Waals surface area contributed by atoms with Gasteiger partial charge in [-0.3, -0.25) is 0 Å². The van der Waals surface area contributed by atoms with Crippen LogP contribution in [0.25, 0.3) is 0 Å². The van der Waals surface area contributed by atoms with Crippen LogP contribution in [0.5, 0.6) is 0 Å². The largest absolute Gasteiger partial charge is 0.347 e. The molecule has 0 aromatic carbocycles. The van der Waals surface area contributed by atoms with E-state index in [1.165, 1.54) is 0 Å². The number of fused-ring (bicyclic) bond motifs is 1. The summed E-state index contributed by atoms with van der Waals surface area (Å²) in [5.74, 6) is 2.09. The molecular formula is C13H17N5. The Hall–Kier alpha value is -1.88. The normalized spacial score (nSPS) is 16.4. The van der Waals surface area contributed by atoms with Gasteiger partial charge in [0.05, 0.1) is 6.54 Å². The minimum atomic E-state index is 0.0341. The number of rotatable bonds is 2. The Morgan fingerprint density at radius 1 is 1.28 bits per heavy atom. The molecule has 1 aliphatic rings. The molecule has 0 saturated carbocycles. The van der Waals surface area contributed by atoms with Crippen LogP contribution in [0.2, 0.25) is 0 Å². The van der Waals surface area contributed by atoms with Crippen molar-refractivity contribution in [2.45, 2.75) is 26.1 Å². The third-order valence-electron chi connectivity index (χ3n) is 3.37. The SMILES string of the molecule is C[C@H](N)c1ccc(N2CCn3ccnc3C2)nc1. The molecule has 5 nitrogen and oxygen atoms in total. The van der Waals surface area contributed by atoms with Crippen LogP contribution in [0.15, 0.2) is 30.7 Å². The van der Waals surface area contributed by atoms with E-state index in [0.717, 1.165) is 36.8 Å². The van der Waals surface area contributed by atoms with Crippen LogP contribution in [0, 0.1) is 0 Å². The Bertz CT molecular complexity index is 529. The molecular weight excluding hydrogens is 226 g/mol. The van der Waals surface area contributed by atoms with Gasteiger partial charge < -0.3 is 15.2 Å². The minimum Gasteiger partial charge on any atom is -0.347 e. The molecule has 0 amide bonds. The monoisotopic (exact) mass is 243 g/mol. The van der Waals surface area contributed by atoms with Gasteiger partial charge in [-0.25, -0.2) is 9.97 Å². The first-order valence-corrected chi connectivity index (χ1v) is 6.20. The molecule has 0 unspecified atom stereocenters. The van der Waals surface area contributed by atoms with E-state index >= 15 is 0 Å². The van der Waals surface area contributed by atoms with Crippen molar-refractivity contribution in [1.29, 1.82) is 0 Å². The number of nitrogens with zero attached hydrogens (tertiary/aromatic N) is 4. The number of pyridine rings is 1. The topological polar surface area (TPSA) is 60.0 Å². The van der Waals surface area contributed by atoms with Crippen molar-refractivity contribution in [2.75, 3.05) is 11.4 Å². The Labute approximate surface area is 106 Å². The molecule has 94 valence electrons. The van der Waals surface area contributed by atoms with Crippen molar-refractivity contribution < 1.29 is 0 Å². The lowest BCUT2D eigenvalue weighted by molar-refractivity contribution is 0.556. The molecule has 5 heteroatoms. The molecule has 0 spiro atoms. The average molecular weight is 243 g/mol. The highest BCUT2D eigenvalue weighted by Gasteiger charge is 2.17. The summed E-state index contributed by atoms with van der Waals surface area (Å²) in [6.07, 6.45) is 5.74. The molecule has 2 aromatic rings. The van der Waals surface area contributed by atoms with Crippen LogP contribution >= 0.6 is 0 Å². The van der Waals surface area contributed by atoms with Gasteiger partial charge in [-0.05, 0) is 18.6 Å². The summed E-state index contributed by atoms with van der Waals surface area (Å²) >= 11 is 0. The van der Waals surface area contributed by atoms with Crippen molar-refractivity contribution >= 4 is 5.82 Å². The maximum Gasteiger partial charge on any atom is 0.128 e. The van der Waals surface area contributed by atoms with Gasteiger partial charge in [-0.2, -0.15) is 0 Å². The van der Waals surface area contributed by atoms with Gasteiger partial charge in [0.15, 0.2) is 0 Å². The van der Waals surface area contributed by atoms with E-state index in [-0.39, 0.29) is 6.04 Å². The Morgan fingerprint density at radius 2 is 2.17 bits per heavy atom. The first kappa shape index (κ1) is 11.2. The van der Waals surface area contributed by atoms with E-state index in [1.807, 2.05) is 37.6 Å². The number of hydrogen-bond acceptors (Lipinski definition) is 4. The van der Waals surface area contributed by atoms with Gasteiger partial charge in [-0.1, -0.05) is 6.07 Å². The van der Waals surface area contributed by atoms with Crippen molar-refractivity contribution in [1.82, 2.24) is 14.5 Å². The summed E-state index contributed by atoms with van der Waals surface area (Å²) in [7, 11) is 0. The van der Waals surface area contributed by atoms with Crippen molar-refractivity contribution in [3.05, 3.63) is 42.1 Å². The second-order valence-corrected chi connectivity index (χ2v) is 4.70. The quantitative estimate of drug-likeness (QED) is 0.864. The molecule has 1 atom stereocenters. The maximum absolute atomic E-state index is 5.82. The summed E-state index contributed by atoms with van der Waals surface area (Å²) in [6, 6.07) is 4.12. The van der Waals surface area contributed by atoms with Crippen LogP contribution in [-0.2, 0) is 13.1 Å². The summed E-state index contributed by atoms with van der Waals surface area (Å²) in [5.41, 5.74) is 6.89. The summed E-state index contributed by atoms with van der Waals surface area (Å²) in [5, 5.41) is 0. The molecule has 2 N–H and O–H groups in total. The molecule has 3 heterocycles. The van der Waals surface area contributed by atoms with Crippen LogP contribution in [-0.4, -0.2) is 21.1 Å². The first-order valence-electron chi connectivity index (χ1n) is 6.20. The number of anilines is 1. The Kier molecular flexibility index (Phi) is 2.76. The molecule has 0 aliphatic carbocycles. The number of aromatic nitrogens is 3. The highest BCUT2D eigenvalue weighted by atomic mass is 15.3. The standard InChI is InChI=1S/C13H17N5/c1-10(14)11-2-3-12(16-8-11)18-7-6-17-5-4-15-13(17)9-18/h2-5,8,10H,6-7,9,14H2,1H3/t10-/m0/s1. The summed E-state index contributed by atoms with van der Waals surface area (Å²) < 4.78 is 2.19. The van der Waals surface area contributed by atoms with Crippen LogP contribution in [0.1, 0.15) is 24.4 Å². The lowest BCUT2D eigenvalue weighted by Gasteiger charge is -2.28. The molecule has 3 rings (SSSR count). The fraction of sp³-hybridized carbons (Fsp3) is 0.385. The lowest BCUT2D eigenvalue weighted by Crippen LogP contribution is -2.34. The smallest absolute Gasteiger partial charge is 0.128 e. The molecule has 2 aromatic heterocycles. The van der Waals surface area contributed by atoms with Crippen molar-refractivity contribution in [2.24, 2.45) is 5.73 Å². The maximum atomic E-state index is 5.82. The second-order valence-electron chi connectivity index (χ2n) is 4.70. The first-order chi connectivity index (χ1) is 8.74. The van der Waals surface area contributed by atoms with Crippen molar-refractivity contribution in [3.8, 4) is 0 Å². The molecule has 18 heavy (non-hydrogen) atoms. The number of imidazole rings is 1. The minimum absolute atomic E-state index is 0.0341. The van der Waals surface area contributed by atoms with E-state index in [0.29, 0.717) is 0 Å². The predicted octanol–water partition coefficient (Wildman–Crippen LogP) is 1.32. The highest BCUT2D eigenvalue weighted by molar-refractivity contribution is 5.40. The van der Waals surface area contributed by atoms with E-state index in [2.05, 4.69) is 19.4 Å². The van der Waals surface area contributed by atoms with Gasteiger partial charge in [0.25, 0.3) is 0 Å². The highest BCUT2D eigenvalue weighted by Crippen LogP contribution is 2.19. The summed E-state index contributed by atoms with van der Waals surface area (Å²) in [4.78, 5) is 11.1. The number of hydrogen-bond donors (Lipinski definition) is 1. The molecule has 0 fully saturated rings. The van der Waals surface area contributed by atoms with Gasteiger partial charge in [0.2, 0.25) is 0 Å². The van der Waals surface area contributed by atoms with E-state index in [9.17, 15) is 0 Å².